The lowest BCUT2D eigenvalue weighted by atomic mass is 9.84. The molecular weight excluding hydrogens is 336 g/mol. The van der Waals surface area contributed by atoms with Gasteiger partial charge in [0.2, 0.25) is 0 Å². The number of benzene rings is 2. The van der Waals surface area contributed by atoms with Crippen LogP contribution in [0.15, 0.2) is 48.5 Å². The van der Waals surface area contributed by atoms with Crippen LogP contribution in [0.4, 0.5) is 16.2 Å². The van der Waals surface area contributed by atoms with Gasteiger partial charge in [-0.1, -0.05) is 37.6 Å². The first-order chi connectivity index (χ1) is 11.6. The molecule has 2 aromatic carbocycles. The van der Waals surface area contributed by atoms with Gasteiger partial charge in [0.15, 0.2) is 0 Å². The number of rotatable bonds is 5. The van der Waals surface area contributed by atoms with Crippen molar-refractivity contribution in [2.24, 2.45) is 0 Å². The highest BCUT2D eigenvalue weighted by molar-refractivity contribution is 6.30. The Hall–Kier alpha value is -1.88. The van der Waals surface area contributed by atoms with Crippen molar-refractivity contribution in [2.75, 3.05) is 27.7 Å². The minimum atomic E-state index is -1.19. The number of carbonyl (C=O) groups is 1. The van der Waals surface area contributed by atoms with Gasteiger partial charge in [-0.3, -0.25) is 0 Å². The van der Waals surface area contributed by atoms with E-state index in [0.717, 1.165) is 12.1 Å². The lowest BCUT2D eigenvalue weighted by molar-refractivity contribution is -0.259. The van der Waals surface area contributed by atoms with E-state index in [1.807, 2.05) is 38.4 Å². The third kappa shape index (κ3) is 4.03. The summed E-state index contributed by atoms with van der Waals surface area (Å²) in [4.78, 5) is 14.2. The maximum Gasteiger partial charge on any atom is 0.267 e. The van der Waals surface area contributed by atoms with E-state index in [2.05, 4.69) is 18.7 Å². The molecule has 1 unspecified atom stereocenters. The van der Waals surface area contributed by atoms with Gasteiger partial charge in [-0.15, -0.1) is 0 Å². The van der Waals surface area contributed by atoms with E-state index in [1.54, 1.807) is 31.3 Å². The zero-order valence-corrected chi connectivity index (χ0v) is 16.2. The van der Waals surface area contributed by atoms with Crippen LogP contribution in [0.1, 0.15) is 19.4 Å². The number of nitrogens with zero attached hydrogens (tertiary/aromatic N) is 2. The van der Waals surface area contributed by atoms with Crippen LogP contribution in [0.2, 0.25) is 5.02 Å². The van der Waals surface area contributed by atoms with Crippen molar-refractivity contribution >= 4 is 29.1 Å². The van der Waals surface area contributed by atoms with Gasteiger partial charge in [-0.05, 0) is 31.8 Å². The van der Waals surface area contributed by atoms with Crippen LogP contribution in [0, 0.1) is 0 Å². The van der Waals surface area contributed by atoms with Crippen molar-refractivity contribution in [1.29, 1.82) is 0 Å². The molecule has 25 heavy (non-hydrogen) atoms. The Bertz CT molecular complexity index is 757. The molecule has 2 rings (SSSR count). The molecule has 0 N–H and O–H groups in total. The third-order valence-corrected chi connectivity index (χ3v) is 4.82. The average Bonchev–Trinajstić information content (AvgIpc) is 2.53. The Balaban J connectivity index is 2.55. The minimum Gasteiger partial charge on any atom is -0.498 e. The van der Waals surface area contributed by atoms with Crippen LogP contribution in [-0.4, -0.2) is 38.7 Å². The summed E-state index contributed by atoms with van der Waals surface area (Å²) in [7, 11) is 5.68. The highest BCUT2D eigenvalue weighted by Crippen LogP contribution is 2.36. The van der Waals surface area contributed by atoms with E-state index < -0.39 is 10.6 Å². The highest BCUT2D eigenvalue weighted by atomic mass is 35.5. The molecule has 0 aliphatic rings. The van der Waals surface area contributed by atoms with E-state index in [9.17, 15) is 9.90 Å². The molecule has 0 radical (unpaired) electrons. The monoisotopic (exact) mass is 360 g/mol. The smallest absolute Gasteiger partial charge is 0.267 e. The molecule has 0 heterocycles. The SMILES string of the molecule is CN(C)CC(C)(C)c1cccc([N+](C)(C(=O)[O-])c2ccc(Cl)cc2)c1. The summed E-state index contributed by atoms with van der Waals surface area (Å²) < 4.78 is -0.441. The zero-order chi connectivity index (χ0) is 18.8. The van der Waals surface area contributed by atoms with Crippen molar-refractivity contribution in [1.82, 2.24) is 9.38 Å². The first-order valence-corrected chi connectivity index (χ1v) is 8.55. The van der Waals surface area contributed by atoms with E-state index in [-0.39, 0.29) is 5.41 Å². The van der Waals surface area contributed by atoms with Gasteiger partial charge in [0.1, 0.15) is 11.4 Å². The van der Waals surface area contributed by atoms with Gasteiger partial charge in [-0.2, -0.15) is 0 Å². The summed E-state index contributed by atoms with van der Waals surface area (Å²) in [5.74, 6) is 0. The average molecular weight is 361 g/mol. The summed E-state index contributed by atoms with van der Waals surface area (Å²) in [5, 5.41) is 12.6. The lowest BCUT2D eigenvalue weighted by Gasteiger charge is -2.34. The highest BCUT2D eigenvalue weighted by Gasteiger charge is 2.33. The summed E-state index contributed by atoms with van der Waals surface area (Å²) in [6, 6.07) is 14.5. The standard InChI is InChI=1S/C20H25ClN2O2/c1-20(2,14-22(3)4)15-7-6-8-18(13-15)23(5,19(24)25)17-11-9-16(21)10-12-17/h6-13H,14H2,1-5H3. The van der Waals surface area contributed by atoms with Crippen LogP contribution in [0.3, 0.4) is 0 Å². The summed E-state index contributed by atoms with van der Waals surface area (Å²) in [5.41, 5.74) is 2.20. The quantitative estimate of drug-likeness (QED) is 0.762. The normalized spacial score (nSPS) is 14.4. The zero-order valence-electron chi connectivity index (χ0n) is 15.4. The van der Waals surface area contributed by atoms with Crippen LogP contribution >= 0.6 is 11.6 Å². The first-order valence-electron chi connectivity index (χ1n) is 8.17. The fraction of sp³-hybridized carbons (Fsp3) is 0.350. The number of halogens is 1. The first kappa shape index (κ1) is 19.4. The second-order valence-electron chi connectivity index (χ2n) is 7.42. The van der Waals surface area contributed by atoms with E-state index >= 15 is 0 Å². The molecule has 0 fully saturated rings. The fourth-order valence-electron chi connectivity index (χ4n) is 3.19. The second kappa shape index (κ2) is 7.16. The molecule has 0 bridgehead atoms. The topological polar surface area (TPSA) is 43.4 Å². The van der Waals surface area contributed by atoms with E-state index in [4.69, 9.17) is 11.6 Å². The molecule has 0 aromatic heterocycles. The Kier molecular flexibility index (Phi) is 5.57. The molecule has 4 nitrogen and oxygen atoms in total. The summed E-state index contributed by atoms with van der Waals surface area (Å²) in [6.45, 7) is 5.15. The number of likely N-dealkylation sites (N-methyl/N-ethyl adjacent to an activating group) is 1. The number of amides is 1. The predicted octanol–water partition coefficient (Wildman–Crippen LogP) is 3.79. The number of quaternary nitrogens is 1. The Labute approximate surface area is 154 Å². The van der Waals surface area contributed by atoms with Crippen molar-refractivity contribution in [3.05, 3.63) is 59.1 Å². The maximum atomic E-state index is 12.1. The largest absolute Gasteiger partial charge is 0.498 e. The molecule has 1 amide bonds. The van der Waals surface area contributed by atoms with Gasteiger partial charge in [0.05, 0.1) is 7.05 Å². The van der Waals surface area contributed by atoms with Crippen LogP contribution in [0.25, 0.3) is 0 Å². The molecule has 0 spiro atoms. The van der Waals surface area contributed by atoms with Gasteiger partial charge >= 0.3 is 0 Å². The fourth-order valence-corrected chi connectivity index (χ4v) is 3.31. The Morgan fingerprint density at radius 1 is 1.12 bits per heavy atom. The van der Waals surface area contributed by atoms with E-state index in [1.165, 1.54) is 0 Å². The molecule has 5 heteroatoms. The minimum absolute atomic E-state index is 0.115. The molecule has 0 saturated heterocycles. The van der Waals surface area contributed by atoms with Crippen LogP contribution in [-0.2, 0) is 5.41 Å². The molecular formula is C20H25ClN2O2. The molecule has 0 saturated carbocycles. The van der Waals surface area contributed by atoms with Gasteiger partial charge in [-0.25, -0.2) is 4.48 Å². The number of carboxylic acid groups (broad SMARTS) is 1. The lowest BCUT2D eigenvalue weighted by Crippen LogP contribution is -2.53. The van der Waals surface area contributed by atoms with E-state index in [0.29, 0.717) is 16.4 Å². The van der Waals surface area contributed by atoms with Crippen molar-refractivity contribution < 1.29 is 9.90 Å². The molecule has 0 aliphatic heterocycles. The molecule has 2 aromatic rings. The number of hydrogen-bond donors (Lipinski definition) is 0. The summed E-state index contributed by atoms with van der Waals surface area (Å²) in [6.07, 6.45) is -1.19. The molecule has 134 valence electrons. The van der Waals surface area contributed by atoms with Crippen molar-refractivity contribution in [3.8, 4) is 0 Å². The Morgan fingerprint density at radius 2 is 1.72 bits per heavy atom. The van der Waals surface area contributed by atoms with Gasteiger partial charge < -0.3 is 14.8 Å². The summed E-state index contributed by atoms with van der Waals surface area (Å²) >= 11 is 5.95. The van der Waals surface area contributed by atoms with Gasteiger partial charge in [0.25, 0.3) is 6.09 Å². The third-order valence-electron chi connectivity index (χ3n) is 4.56. The van der Waals surface area contributed by atoms with Crippen molar-refractivity contribution in [2.45, 2.75) is 19.3 Å². The Morgan fingerprint density at radius 3 is 2.24 bits per heavy atom. The predicted molar refractivity (Wildman–Crippen MR) is 102 cm³/mol. The van der Waals surface area contributed by atoms with Crippen LogP contribution < -0.4 is 9.59 Å². The van der Waals surface area contributed by atoms with Crippen molar-refractivity contribution in [3.63, 3.8) is 0 Å². The maximum absolute atomic E-state index is 12.1. The van der Waals surface area contributed by atoms with Crippen LogP contribution in [0.5, 0.6) is 0 Å². The van der Waals surface area contributed by atoms with Gasteiger partial charge in [0, 0.05) is 41.2 Å². The number of hydrogen-bond acceptors (Lipinski definition) is 3. The number of carbonyl (C=O) groups excluding carboxylic acids is 1. The second-order valence-corrected chi connectivity index (χ2v) is 7.86. The molecule has 0 aliphatic carbocycles. The molecule has 1 atom stereocenters.